The summed E-state index contributed by atoms with van der Waals surface area (Å²) >= 11 is 0. The van der Waals surface area contributed by atoms with Crippen molar-refractivity contribution >= 4 is 34.8 Å². The molecule has 3 N–H and O–H groups in total. The maximum absolute atomic E-state index is 13.4. The van der Waals surface area contributed by atoms with Crippen molar-refractivity contribution in [2.45, 2.75) is 26.2 Å². The third-order valence-corrected chi connectivity index (χ3v) is 6.11. The Balaban J connectivity index is 0.00000129. The normalized spacial score (nSPS) is 19.9. The van der Waals surface area contributed by atoms with E-state index in [-0.39, 0.29) is 29.3 Å². The third-order valence-electron chi connectivity index (χ3n) is 4.80. The van der Waals surface area contributed by atoms with Crippen molar-refractivity contribution in [3.05, 3.63) is 30.3 Å². The van der Waals surface area contributed by atoms with Gasteiger partial charge in [-0.25, -0.2) is 23.1 Å². The number of hydrogen-bond acceptors (Lipinski definition) is 8. The lowest BCUT2D eigenvalue weighted by atomic mass is 9.86. The van der Waals surface area contributed by atoms with E-state index in [1.165, 1.54) is 6.20 Å². The van der Waals surface area contributed by atoms with Crippen LogP contribution in [0.5, 0.6) is 17.5 Å². The fraction of sp³-hybridized carbons (Fsp3) is 0.429. The topological polar surface area (TPSA) is 129 Å². The Bertz CT molecular complexity index is 1020. The van der Waals surface area contributed by atoms with Gasteiger partial charge in [-0.05, 0) is 12.8 Å². The Morgan fingerprint density at radius 2 is 1.97 bits per heavy atom. The molecule has 0 bridgehead atoms. The summed E-state index contributed by atoms with van der Waals surface area (Å²) in [5.74, 6) is 0.238. The molecule has 1 saturated heterocycles. The first-order valence-corrected chi connectivity index (χ1v) is 11.7. The molecule has 0 radical (unpaired) electrons. The van der Waals surface area contributed by atoms with Crippen LogP contribution in [0.4, 0.5) is 24.5 Å². The van der Waals surface area contributed by atoms with E-state index in [4.69, 9.17) is 14.3 Å². The number of carbonyl (C=O) groups is 1. The number of anilines is 1. The fourth-order valence-electron chi connectivity index (χ4n) is 2.90. The summed E-state index contributed by atoms with van der Waals surface area (Å²) in [5.41, 5.74) is 5.22. The lowest BCUT2D eigenvalue weighted by molar-refractivity contribution is -0.106. The van der Waals surface area contributed by atoms with Crippen LogP contribution in [0.1, 0.15) is 19.8 Å². The fourth-order valence-corrected chi connectivity index (χ4v) is 4.50. The molecule has 1 aliphatic heterocycles. The Labute approximate surface area is 197 Å². The highest BCUT2D eigenvalue weighted by molar-refractivity contribution is 7.85. The summed E-state index contributed by atoms with van der Waals surface area (Å²) in [7, 11) is 0.950. The molecule has 13 heteroatoms. The van der Waals surface area contributed by atoms with Gasteiger partial charge < -0.3 is 20.5 Å². The van der Waals surface area contributed by atoms with Gasteiger partial charge in [0.2, 0.25) is 12.3 Å². The Morgan fingerprint density at radius 1 is 1.29 bits per heavy atom. The first kappa shape index (κ1) is 27.0. The number of halogens is 3. The van der Waals surface area contributed by atoms with Crippen molar-refractivity contribution in [3.8, 4) is 17.5 Å². The monoisotopic (exact) mass is 501 g/mol. The number of nitrogens with zero attached hydrogens (tertiary/aromatic N) is 3. The van der Waals surface area contributed by atoms with Gasteiger partial charge in [-0.15, -0.1) is 0 Å². The minimum atomic E-state index is -2.73. The van der Waals surface area contributed by atoms with Gasteiger partial charge in [0.25, 0.3) is 12.3 Å². The summed E-state index contributed by atoms with van der Waals surface area (Å²) in [5, 5.41) is 3.00. The molecule has 186 valence electrons. The predicted octanol–water partition coefficient (Wildman–Crippen LogP) is 3.45. The molecule has 3 heterocycles. The van der Waals surface area contributed by atoms with Gasteiger partial charge in [0.1, 0.15) is 18.1 Å². The molecule has 1 aliphatic rings. The zero-order chi connectivity index (χ0) is 25.1. The molecule has 1 amide bonds. The van der Waals surface area contributed by atoms with E-state index in [0.29, 0.717) is 22.9 Å². The lowest BCUT2D eigenvalue weighted by Crippen LogP contribution is -2.29. The van der Waals surface area contributed by atoms with Crippen LogP contribution in [0.3, 0.4) is 0 Å². The second-order valence-electron chi connectivity index (χ2n) is 7.45. The molecule has 34 heavy (non-hydrogen) atoms. The SMILES string of the molecule is CNc1cc(Oc2ncc(F)cc2OCC(F)F)ncc1N=CC1(C)CCS(=O)CC1.NC=O. The van der Waals surface area contributed by atoms with E-state index in [9.17, 15) is 17.4 Å². The number of carbonyl (C=O) groups excluding carboxylic acids is 1. The zero-order valence-electron chi connectivity index (χ0n) is 18.7. The van der Waals surface area contributed by atoms with Crippen LogP contribution in [-0.2, 0) is 15.6 Å². The molecule has 0 saturated carbocycles. The predicted molar refractivity (Wildman–Crippen MR) is 123 cm³/mol. The smallest absolute Gasteiger partial charge is 0.272 e. The average Bonchev–Trinajstić information content (AvgIpc) is 2.81. The van der Waals surface area contributed by atoms with Crippen LogP contribution in [0, 0.1) is 11.2 Å². The molecule has 3 rings (SSSR count). The van der Waals surface area contributed by atoms with Crippen molar-refractivity contribution in [2.24, 2.45) is 16.1 Å². The van der Waals surface area contributed by atoms with Crippen molar-refractivity contribution in [1.29, 1.82) is 0 Å². The Hall–Kier alpha value is -3.22. The van der Waals surface area contributed by atoms with Gasteiger partial charge in [0, 0.05) is 53.1 Å². The average molecular weight is 502 g/mol. The van der Waals surface area contributed by atoms with Gasteiger partial charge in [0.05, 0.1) is 18.1 Å². The second-order valence-corrected chi connectivity index (χ2v) is 9.14. The molecule has 0 unspecified atom stereocenters. The molecular formula is C21H26F3N5O4S. The summed E-state index contributed by atoms with van der Waals surface area (Å²) in [6, 6.07) is 2.48. The van der Waals surface area contributed by atoms with Gasteiger partial charge in [-0.1, -0.05) is 6.92 Å². The second kappa shape index (κ2) is 12.9. The van der Waals surface area contributed by atoms with Crippen molar-refractivity contribution in [1.82, 2.24) is 9.97 Å². The molecule has 0 aliphatic carbocycles. The molecule has 0 aromatic carbocycles. The van der Waals surface area contributed by atoms with Crippen LogP contribution in [0.15, 0.2) is 29.5 Å². The molecule has 2 aromatic rings. The number of aliphatic imine (C=N–C) groups is 1. The number of rotatable bonds is 8. The molecule has 0 spiro atoms. The largest absolute Gasteiger partial charge is 0.482 e. The van der Waals surface area contributed by atoms with E-state index >= 15 is 0 Å². The van der Waals surface area contributed by atoms with Crippen LogP contribution in [-0.4, -0.2) is 58.4 Å². The van der Waals surface area contributed by atoms with Crippen LogP contribution in [0.2, 0.25) is 0 Å². The van der Waals surface area contributed by atoms with Crippen molar-refractivity contribution in [3.63, 3.8) is 0 Å². The van der Waals surface area contributed by atoms with E-state index in [1.54, 1.807) is 13.1 Å². The first-order valence-electron chi connectivity index (χ1n) is 10.2. The van der Waals surface area contributed by atoms with Gasteiger partial charge in [-0.3, -0.25) is 14.0 Å². The minimum absolute atomic E-state index is 0.101. The summed E-state index contributed by atoms with van der Waals surface area (Å²) in [6.07, 6.45) is 3.35. The Morgan fingerprint density at radius 3 is 2.59 bits per heavy atom. The van der Waals surface area contributed by atoms with Crippen molar-refractivity contribution < 1.29 is 31.6 Å². The van der Waals surface area contributed by atoms with Crippen molar-refractivity contribution in [2.75, 3.05) is 30.5 Å². The van der Waals surface area contributed by atoms with E-state index in [2.05, 4.69) is 32.9 Å². The number of pyridine rings is 2. The highest BCUT2D eigenvalue weighted by Gasteiger charge is 2.28. The zero-order valence-corrected chi connectivity index (χ0v) is 19.5. The molecule has 2 aromatic heterocycles. The number of nitrogens with one attached hydrogen (secondary N) is 1. The number of aromatic nitrogens is 2. The maximum Gasteiger partial charge on any atom is 0.272 e. The van der Waals surface area contributed by atoms with E-state index in [1.807, 2.05) is 6.21 Å². The minimum Gasteiger partial charge on any atom is -0.482 e. The van der Waals surface area contributed by atoms with E-state index in [0.717, 1.165) is 25.1 Å². The highest BCUT2D eigenvalue weighted by Crippen LogP contribution is 2.34. The number of ether oxygens (including phenoxy) is 2. The molecular weight excluding hydrogens is 475 g/mol. The van der Waals surface area contributed by atoms with Crippen LogP contribution < -0.4 is 20.5 Å². The van der Waals surface area contributed by atoms with Gasteiger partial charge in [0.15, 0.2) is 5.75 Å². The molecule has 1 fully saturated rings. The highest BCUT2D eigenvalue weighted by atomic mass is 32.2. The van der Waals surface area contributed by atoms with Crippen LogP contribution >= 0.6 is 0 Å². The quantitative estimate of drug-likeness (QED) is 0.419. The number of primary amides is 1. The van der Waals surface area contributed by atoms with E-state index < -0.39 is 29.6 Å². The number of amides is 1. The summed E-state index contributed by atoms with van der Waals surface area (Å²) < 4.78 is 60.3. The summed E-state index contributed by atoms with van der Waals surface area (Å²) in [6.45, 7) is 1.16. The number of alkyl halides is 2. The number of hydrogen-bond donors (Lipinski definition) is 2. The standard InChI is InChI=1S/C20H23F3N4O3S.CH3NO/c1-20(3-5-31(28)6-4-20)12-27-15-10-25-18(8-14(15)24-2)30-19-16(29-11-17(22)23)7-13(21)9-26-19;2-1-3/h7-10,12,17H,3-6,11H2,1-2H3,(H,24,25);1H,(H2,2,3). The lowest BCUT2D eigenvalue weighted by Gasteiger charge is -2.29. The number of nitrogens with two attached hydrogens (primary N) is 1. The van der Waals surface area contributed by atoms with Gasteiger partial charge in [-0.2, -0.15) is 0 Å². The maximum atomic E-state index is 13.4. The van der Waals surface area contributed by atoms with Crippen LogP contribution in [0.25, 0.3) is 0 Å². The molecule has 0 atom stereocenters. The Kier molecular flexibility index (Phi) is 10.2. The third kappa shape index (κ3) is 8.28. The van der Waals surface area contributed by atoms with Gasteiger partial charge >= 0.3 is 0 Å². The first-order chi connectivity index (χ1) is 16.2. The molecule has 9 nitrogen and oxygen atoms in total. The summed E-state index contributed by atoms with van der Waals surface area (Å²) in [4.78, 5) is 21.1.